The van der Waals surface area contributed by atoms with Crippen molar-refractivity contribution in [3.05, 3.63) is 0 Å². The second-order valence-corrected chi connectivity index (χ2v) is 6.50. The van der Waals surface area contributed by atoms with Gasteiger partial charge in [-0.15, -0.1) is 0 Å². The second kappa shape index (κ2) is 6.52. The number of carbonyl (C=O) groups is 2. The van der Waals surface area contributed by atoms with Crippen LogP contribution < -0.4 is 0 Å². The minimum Gasteiger partial charge on any atom is -0.481 e. The Morgan fingerprint density at radius 2 is 2.09 bits per heavy atom. The van der Waals surface area contributed by atoms with Gasteiger partial charge in [0.15, 0.2) is 0 Å². The van der Waals surface area contributed by atoms with Crippen LogP contribution in [0.4, 0.5) is 0 Å². The van der Waals surface area contributed by atoms with Crippen LogP contribution in [0, 0.1) is 17.3 Å². The fraction of sp³-hybridized carbons (Fsp3) is 0.867. The van der Waals surface area contributed by atoms with Gasteiger partial charge in [0.2, 0.25) is 5.91 Å². The highest BCUT2D eigenvalue weighted by Gasteiger charge is 2.54. The van der Waals surface area contributed by atoms with Crippen molar-refractivity contribution in [2.24, 2.45) is 17.3 Å². The molecule has 3 rings (SSSR count). The first-order valence-corrected chi connectivity index (χ1v) is 7.86. The molecule has 0 bridgehead atoms. The Labute approximate surface area is 129 Å². The number of carbonyl (C=O) groups excluding carboxylic acids is 1. The Balaban J connectivity index is 1.52. The van der Waals surface area contributed by atoms with Crippen LogP contribution >= 0.6 is 0 Å². The Hall–Kier alpha value is -1.18. The molecule has 7 heteroatoms. The zero-order valence-corrected chi connectivity index (χ0v) is 12.7. The summed E-state index contributed by atoms with van der Waals surface area (Å²) in [6, 6.07) is 0. The normalized spacial score (nSPS) is 34.6. The van der Waals surface area contributed by atoms with Gasteiger partial charge in [0.05, 0.1) is 25.2 Å². The van der Waals surface area contributed by atoms with Gasteiger partial charge in [-0.25, -0.2) is 0 Å². The zero-order chi connectivity index (χ0) is 15.6. The number of fused-ring (bicyclic) bond motifs is 1. The van der Waals surface area contributed by atoms with Crippen molar-refractivity contribution in [2.75, 3.05) is 52.7 Å². The monoisotopic (exact) mass is 313 g/mol. The summed E-state index contributed by atoms with van der Waals surface area (Å²) in [5.41, 5.74) is -0.840. The van der Waals surface area contributed by atoms with Crippen LogP contribution in [-0.2, 0) is 23.8 Å². The summed E-state index contributed by atoms with van der Waals surface area (Å²) < 4.78 is 16.1. The van der Waals surface area contributed by atoms with Gasteiger partial charge in [-0.1, -0.05) is 0 Å². The molecule has 3 saturated heterocycles. The molecule has 0 radical (unpaired) electrons. The van der Waals surface area contributed by atoms with Crippen LogP contribution in [0.1, 0.15) is 12.8 Å². The third-order valence-electron chi connectivity index (χ3n) is 5.09. The lowest BCUT2D eigenvalue weighted by molar-refractivity contribution is -0.157. The van der Waals surface area contributed by atoms with Crippen molar-refractivity contribution in [3.8, 4) is 0 Å². The number of nitrogens with zero attached hydrogens (tertiary/aromatic N) is 1. The second-order valence-electron chi connectivity index (χ2n) is 6.50. The molecule has 0 saturated carbocycles. The largest absolute Gasteiger partial charge is 0.481 e. The molecule has 0 aromatic heterocycles. The molecular weight excluding hydrogens is 290 g/mol. The lowest BCUT2D eigenvalue weighted by Gasteiger charge is -2.33. The Kier molecular flexibility index (Phi) is 4.65. The van der Waals surface area contributed by atoms with Gasteiger partial charge in [0, 0.05) is 38.1 Å². The number of amides is 1. The predicted molar refractivity (Wildman–Crippen MR) is 75.3 cm³/mol. The van der Waals surface area contributed by atoms with Crippen molar-refractivity contribution in [3.63, 3.8) is 0 Å². The third kappa shape index (κ3) is 2.98. The van der Waals surface area contributed by atoms with Crippen molar-refractivity contribution in [2.45, 2.75) is 12.8 Å². The molecule has 3 atom stereocenters. The topological polar surface area (TPSA) is 85.3 Å². The zero-order valence-electron chi connectivity index (χ0n) is 12.7. The maximum Gasteiger partial charge on any atom is 0.311 e. The quantitative estimate of drug-likeness (QED) is 0.768. The molecule has 1 unspecified atom stereocenters. The molecule has 0 aromatic carbocycles. The van der Waals surface area contributed by atoms with Gasteiger partial charge in [0.25, 0.3) is 0 Å². The minimum atomic E-state index is -0.840. The van der Waals surface area contributed by atoms with E-state index >= 15 is 0 Å². The van der Waals surface area contributed by atoms with Crippen molar-refractivity contribution < 1.29 is 28.9 Å². The summed E-state index contributed by atoms with van der Waals surface area (Å²) in [5.74, 6) is -0.701. The third-order valence-corrected chi connectivity index (χ3v) is 5.09. The van der Waals surface area contributed by atoms with E-state index in [1.165, 1.54) is 0 Å². The SMILES string of the molecule is O=C(COCC1CCOC1)N1C[C@H]2COCC[C@@]2(C(=O)O)C1. The Bertz CT molecular complexity index is 436. The van der Waals surface area contributed by atoms with Crippen LogP contribution in [-0.4, -0.2) is 74.6 Å². The molecule has 7 nitrogen and oxygen atoms in total. The number of ether oxygens (including phenoxy) is 3. The highest BCUT2D eigenvalue weighted by molar-refractivity contribution is 5.81. The summed E-state index contributed by atoms with van der Waals surface area (Å²) in [5, 5.41) is 9.58. The van der Waals surface area contributed by atoms with Crippen LogP contribution in [0.3, 0.4) is 0 Å². The molecule has 1 N–H and O–H groups in total. The standard InChI is InChI=1S/C15H23NO6/c17-13(9-22-7-11-1-3-20-6-11)16-5-12-8-21-4-2-15(12,10-16)14(18)19/h11-12H,1-10H2,(H,18,19)/t11?,12-,15+/m0/s1. The number of likely N-dealkylation sites (tertiary alicyclic amines) is 1. The van der Waals surface area contributed by atoms with Crippen LogP contribution in [0.5, 0.6) is 0 Å². The number of carboxylic acid groups (broad SMARTS) is 1. The van der Waals surface area contributed by atoms with Crippen LogP contribution in [0.2, 0.25) is 0 Å². The lowest BCUT2D eigenvalue weighted by atomic mass is 9.74. The van der Waals surface area contributed by atoms with Crippen molar-refractivity contribution in [1.29, 1.82) is 0 Å². The van der Waals surface area contributed by atoms with E-state index < -0.39 is 11.4 Å². The number of rotatable bonds is 5. The van der Waals surface area contributed by atoms with E-state index in [9.17, 15) is 14.7 Å². The van der Waals surface area contributed by atoms with Gasteiger partial charge in [-0.2, -0.15) is 0 Å². The van der Waals surface area contributed by atoms with Crippen molar-refractivity contribution >= 4 is 11.9 Å². The first-order valence-electron chi connectivity index (χ1n) is 7.86. The Morgan fingerprint density at radius 3 is 2.77 bits per heavy atom. The molecule has 3 aliphatic heterocycles. The molecule has 0 aromatic rings. The summed E-state index contributed by atoms with van der Waals surface area (Å²) in [6.45, 7) is 3.57. The van der Waals surface area contributed by atoms with E-state index in [1.807, 2.05) is 0 Å². The first kappa shape index (κ1) is 15.7. The minimum absolute atomic E-state index is 0.0137. The van der Waals surface area contributed by atoms with E-state index in [0.29, 0.717) is 45.3 Å². The highest BCUT2D eigenvalue weighted by atomic mass is 16.5. The molecule has 1 amide bonds. The summed E-state index contributed by atoms with van der Waals surface area (Å²) in [4.78, 5) is 25.6. The first-order chi connectivity index (χ1) is 10.6. The molecular formula is C15H23NO6. The number of hydrogen-bond acceptors (Lipinski definition) is 5. The summed E-state index contributed by atoms with van der Waals surface area (Å²) >= 11 is 0. The molecule has 3 fully saturated rings. The van der Waals surface area contributed by atoms with Gasteiger partial charge in [0.1, 0.15) is 6.61 Å². The van der Waals surface area contributed by atoms with E-state index in [4.69, 9.17) is 14.2 Å². The molecule has 3 heterocycles. The van der Waals surface area contributed by atoms with Gasteiger partial charge in [-0.05, 0) is 12.8 Å². The van der Waals surface area contributed by atoms with E-state index in [0.717, 1.165) is 13.0 Å². The predicted octanol–water partition coefficient (Wildman–Crippen LogP) is -0.0108. The lowest BCUT2D eigenvalue weighted by Crippen LogP contribution is -2.45. The average molecular weight is 313 g/mol. The van der Waals surface area contributed by atoms with E-state index in [1.54, 1.807) is 4.90 Å². The highest BCUT2D eigenvalue weighted by Crippen LogP contribution is 2.42. The van der Waals surface area contributed by atoms with Gasteiger partial charge >= 0.3 is 5.97 Å². The van der Waals surface area contributed by atoms with Gasteiger partial charge in [-0.3, -0.25) is 9.59 Å². The number of hydrogen-bond donors (Lipinski definition) is 1. The van der Waals surface area contributed by atoms with Crippen LogP contribution in [0.25, 0.3) is 0 Å². The van der Waals surface area contributed by atoms with Crippen molar-refractivity contribution in [1.82, 2.24) is 4.90 Å². The fourth-order valence-electron chi connectivity index (χ4n) is 3.61. The Morgan fingerprint density at radius 1 is 1.27 bits per heavy atom. The molecule has 3 aliphatic rings. The number of aliphatic carboxylic acids is 1. The van der Waals surface area contributed by atoms with Gasteiger partial charge < -0.3 is 24.2 Å². The van der Waals surface area contributed by atoms with E-state index in [-0.39, 0.29) is 25.0 Å². The average Bonchev–Trinajstić information content (AvgIpc) is 3.14. The maximum atomic E-state index is 12.3. The maximum absolute atomic E-state index is 12.3. The molecule has 0 aliphatic carbocycles. The molecule has 0 spiro atoms. The van der Waals surface area contributed by atoms with Crippen LogP contribution in [0.15, 0.2) is 0 Å². The van der Waals surface area contributed by atoms with E-state index in [2.05, 4.69) is 0 Å². The number of carboxylic acids is 1. The molecule has 22 heavy (non-hydrogen) atoms. The summed E-state index contributed by atoms with van der Waals surface area (Å²) in [6.07, 6.45) is 1.44. The fourth-order valence-corrected chi connectivity index (χ4v) is 3.61. The summed E-state index contributed by atoms with van der Waals surface area (Å²) in [7, 11) is 0. The smallest absolute Gasteiger partial charge is 0.311 e. The molecule has 124 valence electrons.